The first-order valence-corrected chi connectivity index (χ1v) is 8.53. The molecule has 0 N–H and O–H groups in total. The van der Waals surface area contributed by atoms with E-state index in [1.165, 1.54) is 0 Å². The second kappa shape index (κ2) is 6.24. The van der Waals surface area contributed by atoms with E-state index in [0.717, 1.165) is 6.32 Å². The molecule has 0 saturated heterocycles. The molecule has 3 heteroatoms. The SMILES string of the molecule is CCB(N(C(C)(C)C)C(C)(C)C)N(C(C)(C)C)C(C)(C)C. The fraction of sp³-hybridized carbons (Fsp3) is 1.00. The summed E-state index contributed by atoms with van der Waals surface area (Å²) in [5.74, 6) is 0. The summed E-state index contributed by atoms with van der Waals surface area (Å²) in [6.07, 6.45) is 1.13. The van der Waals surface area contributed by atoms with Crippen LogP contribution in [0.3, 0.4) is 0 Å². The minimum Gasteiger partial charge on any atom is -0.319 e. The molecule has 0 aromatic carbocycles. The summed E-state index contributed by atoms with van der Waals surface area (Å²) in [7, 11) is 0. The summed E-state index contributed by atoms with van der Waals surface area (Å²) in [5, 5.41) is 0. The third-order valence-corrected chi connectivity index (χ3v) is 3.85. The highest BCUT2D eigenvalue weighted by Crippen LogP contribution is 2.35. The quantitative estimate of drug-likeness (QED) is 0.653. The molecule has 0 radical (unpaired) electrons. The fourth-order valence-corrected chi connectivity index (χ4v) is 4.28. The van der Waals surface area contributed by atoms with E-state index >= 15 is 0 Å². The van der Waals surface area contributed by atoms with Crippen LogP contribution in [-0.4, -0.2) is 38.8 Å². The van der Waals surface area contributed by atoms with Gasteiger partial charge in [-0.05, 0) is 89.4 Å². The maximum Gasteiger partial charge on any atom is 0.312 e. The Morgan fingerprint density at radius 1 is 0.524 bits per heavy atom. The van der Waals surface area contributed by atoms with Gasteiger partial charge in [0, 0.05) is 22.2 Å². The van der Waals surface area contributed by atoms with Gasteiger partial charge in [-0.3, -0.25) is 0 Å². The maximum absolute atomic E-state index is 2.69. The average molecular weight is 296 g/mol. The van der Waals surface area contributed by atoms with Gasteiger partial charge in [-0.1, -0.05) is 6.92 Å². The molecule has 0 aliphatic heterocycles. The third-order valence-electron chi connectivity index (χ3n) is 3.85. The minimum absolute atomic E-state index is 0.133. The van der Waals surface area contributed by atoms with Crippen molar-refractivity contribution in [1.82, 2.24) is 9.62 Å². The molecule has 0 bridgehead atoms. The van der Waals surface area contributed by atoms with Gasteiger partial charge in [0.2, 0.25) is 0 Å². The highest BCUT2D eigenvalue weighted by Gasteiger charge is 2.47. The molecule has 0 aliphatic rings. The lowest BCUT2D eigenvalue weighted by Crippen LogP contribution is -2.71. The third kappa shape index (κ3) is 5.60. The van der Waals surface area contributed by atoms with Crippen molar-refractivity contribution in [2.45, 2.75) is 118 Å². The van der Waals surface area contributed by atoms with Crippen LogP contribution in [-0.2, 0) is 0 Å². The van der Waals surface area contributed by atoms with Crippen molar-refractivity contribution in [3.8, 4) is 0 Å². The lowest BCUT2D eigenvalue weighted by Gasteiger charge is -2.58. The molecule has 0 fully saturated rings. The normalized spacial score (nSPS) is 15.0. The summed E-state index contributed by atoms with van der Waals surface area (Å²) in [5.41, 5.74) is 0.530. The van der Waals surface area contributed by atoms with Crippen molar-refractivity contribution in [3.05, 3.63) is 0 Å². The van der Waals surface area contributed by atoms with Crippen molar-refractivity contribution in [3.63, 3.8) is 0 Å². The number of nitrogens with zero attached hydrogens (tertiary/aromatic N) is 2. The number of hydrogen-bond acceptors (Lipinski definition) is 2. The van der Waals surface area contributed by atoms with Crippen LogP contribution in [0.4, 0.5) is 0 Å². The Bertz CT molecular complexity index is 263. The van der Waals surface area contributed by atoms with Gasteiger partial charge >= 0.3 is 6.98 Å². The van der Waals surface area contributed by atoms with Crippen LogP contribution in [0.1, 0.15) is 90.0 Å². The van der Waals surface area contributed by atoms with Gasteiger partial charge in [-0.25, -0.2) is 0 Å². The zero-order chi connectivity index (χ0) is 17.4. The molecule has 0 amide bonds. The van der Waals surface area contributed by atoms with E-state index in [2.05, 4.69) is 99.6 Å². The maximum atomic E-state index is 2.69. The molecule has 0 aromatic heterocycles. The summed E-state index contributed by atoms with van der Waals surface area (Å²) >= 11 is 0. The van der Waals surface area contributed by atoms with Gasteiger partial charge in [0.1, 0.15) is 0 Å². The summed E-state index contributed by atoms with van der Waals surface area (Å²) in [4.78, 5) is 5.38. The summed E-state index contributed by atoms with van der Waals surface area (Å²) < 4.78 is 0. The lowest BCUT2D eigenvalue weighted by atomic mass is 9.59. The zero-order valence-electron chi connectivity index (χ0n) is 17.2. The van der Waals surface area contributed by atoms with E-state index in [9.17, 15) is 0 Å². The predicted molar refractivity (Wildman–Crippen MR) is 98.9 cm³/mol. The highest BCUT2D eigenvalue weighted by atomic mass is 15.3. The van der Waals surface area contributed by atoms with Crippen molar-refractivity contribution in [2.75, 3.05) is 0 Å². The largest absolute Gasteiger partial charge is 0.319 e. The Balaban J connectivity index is 6.04. The van der Waals surface area contributed by atoms with Crippen LogP contribution in [0.25, 0.3) is 0 Å². The van der Waals surface area contributed by atoms with Gasteiger partial charge < -0.3 is 9.62 Å². The molecule has 126 valence electrons. The molecule has 0 rings (SSSR count). The lowest BCUT2D eigenvalue weighted by molar-refractivity contribution is 0.0670. The Labute approximate surface area is 135 Å². The van der Waals surface area contributed by atoms with Gasteiger partial charge in [0.05, 0.1) is 0 Å². The van der Waals surface area contributed by atoms with Crippen LogP contribution in [0.5, 0.6) is 0 Å². The van der Waals surface area contributed by atoms with Crippen molar-refractivity contribution in [1.29, 1.82) is 0 Å². The summed E-state index contributed by atoms with van der Waals surface area (Å²) in [6.45, 7) is 30.8. The van der Waals surface area contributed by atoms with Crippen LogP contribution < -0.4 is 0 Å². The predicted octanol–water partition coefficient (Wildman–Crippen LogP) is 5.29. The Morgan fingerprint density at radius 3 is 0.810 bits per heavy atom. The first-order chi connectivity index (χ1) is 8.94. The summed E-state index contributed by atoms with van der Waals surface area (Å²) in [6, 6.07) is 0. The molecule has 0 unspecified atom stereocenters. The minimum atomic E-state index is 0.133. The van der Waals surface area contributed by atoms with E-state index in [-0.39, 0.29) is 22.2 Å². The second-order valence-corrected chi connectivity index (χ2v) is 10.3. The number of hydrogen-bond donors (Lipinski definition) is 0. The molecule has 0 aromatic rings. The number of rotatable bonds is 3. The van der Waals surface area contributed by atoms with Crippen LogP contribution in [0.15, 0.2) is 0 Å². The molecule has 0 saturated carbocycles. The fourth-order valence-electron chi connectivity index (χ4n) is 4.28. The van der Waals surface area contributed by atoms with Crippen LogP contribution in [0, 0.1) is 0 Å². The Kier molecular flexibility index (Phi) is 6.23. The Hall–Kier alpha value is -0.0151. The van der Waals surface area contributed by atoms with Gasteiger partial charge in [0.25, 0.3) is 0 Å². The van der Waals surface area contributed by atoms with E-state index in [4.69, 9.17) is 0 Å². The molecular weight excluding hydrogens is 255 g/mol. The highest BCUT2D eigenvalue weighted by molar-refractivity contribution is 6.53. The van der Waals surface area contributed by atoms with E-state index in [1.807, 2.05) is 0 Å². The average Bonchev–Trinajstić information content (AvgIpc) is 2.06. The molecular formula is C18H41BN2. The van der Waals surface area contributed by atoms with E-state index < -0.39 is 0 Å². The van der Waals surface area contributed by atoms with Gasteiger partial charge in [-0.2, -0.15) is 0 Å². The zero-order valence-corrected chi connectivity index (χ0v) is 17.2. The smallest absolute Gasteiger partial charge is 0.312 e. The molecule has 2 nitrogen and oxygen atoms in total. The van der Waals surface area contributed by atoms with E-state index in [0.29, 0.717) is 6.98 Å². The van der Waals surface area contributed by atoms with Gasteiger partial charge in [0.15, 0.2) is 0 Å². The molecule has 0 heterocycles. The van der Waals surface area contributed by atoms with Crippen LogP contribution >= 0.6 is 0 Å². The molecule has 0 spiro atoms. The van der Waals surface area contributed by atoms with Gasteiger partial charge in [-0.15, -0.1) is 0 Å². The first-order valence-electron chi connectivity index (χ1n) is 8.53. The monoisotopic (exact) mass is 296 g/mol. The van der Waals surface area contributed by atoms with Crippen LogP contribution in [0.2, 0.25) is 6.32 Å². The van der Waals surface area contributed by atoms with Crippen molar-refractivity contribution >= 4 is 6.98 Å². The first kappa shape index (κ1) is 21.0. The molecule has 21 heavy (non-hydrogen) atoms. The second-order valence-electron chi connectivity index (χ2n) is 10.3. The standard InChI is InChI=1S/C18H41BN2/c1-14-19(20(15(2,3)4)16(5,6)7)21(17(8,9)10)18(11,12)13/h14H2,1-13H3. The van der Waals surface area contributed by atoms with Crippen molar-refractivity contribution in [2.24, 2.45) is 0 Å². The molecule has 0 atom stereocenters. The van der Waals surface area contributed by atoms with E-state index in [1.54, 1.807) is 0 Å². The molecule has 0 aliphatic carbocycles. The topological polar surface area (TPSA) is 6.48 Å². The Morgan fingerprint density at radius 2 is 0.714 bits per heavy atom. The van der Waals surface area contributed by atoms with Crippen molar-refractivity contribution < 1.29 is 0 Å².